The predicted molar refractivity (Wildman–Crippen MR) is 90.8 cm³/mol. The van der Waals surface area contributed by atoms with Crippen LogP contribution in [0.5, 0.6) is 0 Å². The zero-order valence-corrected chi connectivity index (χ0v) is 13.8. The molecule has 0 bridgehead atoms. The predicted octanol–water partition coefficient (Wildman–Crippen LogP) is 4.93. The summed E-state index contributed by atoms with van der Waals surface area (Å²) < 4.78 is 0. The van der Waals surface area contributed by atoms with Crippen molar-refractivity contribution >= 4 is 11.9 Å². The molecule has 0 radical (unpaired) electrons. The molecule has 1 nitrogen and oxygen atoms in total. The van der Waals surface area contributed by atoms with Crippen LogP contribution in [0.2, 0.25) is 0 Å². The third-order valence-electron chi connectivity index (χ3n) is 7.31. The minimum atomic E-state index is -0.0251. The number of benzene rings is 1. The molecule has 0 saturated heterocycles. The third kappa shape index (κ3) is 1.68. The lowest BCUT2D eigenvalue weighted by atomic mass is 9.49. The molecule has 116 valence electrons. The number of carbonyl (C=O) groups is 1. The number of Topliss-reactive ketones (excluding diaryl/α,β-unsaturated/α-hetero) is 1. The Labute approximate surface area is 133 Å². The first kappa shape index (κ1) is 14.2. The van der Waals surface area contributed by atoms with E-state index in [1.54, 1.807) is 5.56 Å². The number of hydrogen-bond acceptors (Lipinski definition) is 1. The van der Waals surface area contributed by atoms with Crippen LogP contribution in [0.25, 0.3) is 6.08 Å². The van der Waals surface area contributed by atoms with Crippen LogP contribution in [0.3, 0.4) is 0 Å². The first-order valence-electron chi connectivity index (χ1n) is 8.78. The van der Waals surface area contributed by atoms with Crippen molar-refractivity contribution in [1.82, 2.24) is 0 Å². The first-order valence-corrected chi connectivity index (χ1v) is 8.78. The van der Waals surface area contributed by atoms with Gasteiger partial charge in [0, 0.05) is 11.8 Å². The Morgan fingerprint density at radius 1 is 1.09 bits per heavy atom. The summed E-state index contributed by atoms with van der Waals surface area (Å²) in [6.07, 6.45) is 8.53. The number of hydrogen-bond donors (Lipinski definition) is 0. The Bertz CT molecular complexity index is 658. The maximum Gasteiger partial charge on any atom is 0.139 e. The lowest BCUT2D eigenvalue weighted by Crippen LogP contribution is -2.50. The largest absolute Gasteiger partial charge is 0.299 e. The lowest BCUT2D eigenvalue weighted by Gasteiger charge is -2.54. The molecule has 0 aliphatic heterocycles. The van der Waals surface area contributed by atoms with E-state index >= 15 is 0 Å². The number of ketones is 1. The smallest absolute Gasteiger partial charge is 0.139 e. The van der Waals surface area contributed by atoms with Crippen LogP contribution in [0.4, 0.5) is 0 Å². The highest BCUT2D eigenvalue weighted by molar-refractivity contribution is 5.87. The van der Waals surface area contributed by atoms with Gasteiger partial charge >= 0.3 is 0 Å². The molecule has 3 aliphatic rings. The van der Waals surface area contributed by atoms with Crippen LogP contribution >= 0.6 is 0 Å². The van der Waals surface area contributed by atoms with Crippen molar-refractivity contribution in [3.05, 3.63) is 41.5 Å². The molecule has 0 heterocycles. The maximum absolute atomic E-state index is 12.4. The first-order chi connectivity index (χ1) is 10.5. The van der Waals surface area contributed by atoms with Gasteiger partial charge < -0.3 is 0 Å². The van der Waals surface area contributed by atoms with Crippen molar-refractivity contribution in [3.63, 3.8) is 0 Å². The van der Waals surface area contributed by atoms with Crippen molar-refractivity contribution in [1.29, 1.82) is 0 Å². The molecule has 3 aliphatic carbocycles. The van der Waals surface area contributed by atoms with Crippen LogP contribution in [0, 0.1) is 17.3 Å². The zero-order valence-electron chi connectivity index (χ0n) is 13.8. The van der Waals surface area contributed by atoms with Crippen LogP contribution in [0.1, 0.15) is 62.6 Å². The van der Waals surface area contributed by atoms with Crippen LogP contribution in [-0.2, 0) is 16.6 Å². The molecule has 22 heavy (non-hydrogen) atoms. The number of fused-ring (bicyclic) bond motifs is 5. The van der Waals surface area contributed by atoms with Crippen molar-refractivity contribution in [2.45, 2.75) is 57.8 Å². The normalized spacial score (nSPS) is 39.8. The molecule has 1 aromatic carbocycles. The topological polar surface area (TPSA) is 17.1 Å². The molecule has 0 N–H and O–H groups in total. The van der Waals surface area contributed by atoms with E-state index in [9.17, 15) is 4.79 Å². The average Bonchev–Trinajstić information content (AvgIpc) is 2.82. The summed E-state index contributed by atoms with van der Waals surface area (Å²) in [6, 6.07) is 6.89. The van der Waals surface area contributed by atoms with Gasteiger partial charge in [0.1, 0.15) is 5.78 Å². The highest BCUT2D eigenvalue weighted by atomic mass is 16.1. The highest BCUT2D eigenvalue weighted by Crippen LogP contribution is 2.61. The average molecular weight is 294 g/mol. The maximum atomic E-state index is 12.4. The van der Waals surface area contributed by atoms with E-state index < -0.39 is 0 Å². The molecule has 0 aromatic heterocycles. The van der Waals surface area contributed by atoms with E-state index in [4.69, 9.17) is 0 Å². The molecular formula is C21H26O. The van der Waals surface area contributed by atoms with Gasteiger partial charge in [-0.3, -0.25) is 4.79 Å². The summed E-state index contributed by atoms with van der Waals surface area (Å²) in [7, 11) is 0. The van der Waals surface area contributed by atoms with Crippen molar-refractivity contribution in [3.8, 4) is 0 Å². The second-order valence-corrected chi connectivity index (χ2v) is 8.17. The van der Waals surface area contributed by atoms with E-state index in [-0.39, 0.29) is 10.8 Å². The van der Waals surface area contributed by atoms with Crippen LogP contribution < -0.4 is 0 Å². The SMILES string of the molecule is C=Cc1ccc2c(c1)CC[C@H]1[C@@H]3CCC(=O)[C@@]3(C)CC[C@]21C. The van der Waals surface area contributed by atoms with Gasteiger partial charge in [-0.05, 0) is 66.0 Å². The van der Waals surface area contributed by atoms with Gasteiger partial charge in [0.25, 0.3) is 0 Å². The fourth-order valence-electron chi connectivity index (χ4n) is 5.89. The van der Waals surface area contributed by atoms with Gasteiger partial charge in [-0.15, -0.1) is 0 Å². The Morgan fingerprint density at radius 3 is 2.55 bits per heavy atom. The fraction of sp³-hybridized carbons (Fsp3) is 0.571. The van der Waals surface area contributed by atoms with E-state index in [1.807, 2.05) is 6.08 Å². The summed E-state index contributed by atoms with van der Waals surface area (Å²) >= 11 is 0. The van der Waals surface area contributed by atoms with Crippen molar-refractivity contribution in [2.24, 2.45) is 17.3 Å². The summed E-state index contributed by atoms with van der Waals surface area (Å²) in [4.78, 5) is 12.4. The van der Waals surface area contributed by atoms with E-state index in [2.05, 4.69) is 38.6 Å². The molecule has 2 saturated carbocycles. The molecule has 1 aromatic rings. The van der Waals surface area contributed by atoms with E-state index in [0.29, 0.717) is 17.6 Å². The number of aryl methyl sites for hydroxylation is 1. The number of rotatable bonds is 1. The van der Waals surface area contributed by atoms with Gasteiger partial charge in [-0.1, -0.05) is 44.7 Å². The Balaban J connectivity index is 1.79. The monoisotopic (exact) mass is 294 g/mol. The standard InChI is InChI=1S/C21H26O/c1-4-14-5-7-16-15(13-14)6-8-17-18-9-10-19(22)21(18,3)12-11-20(16,17)2/h4-5,7,13,17-18H,1,6,8-12H2,2-3H3/t17-,18-,20+,21-/m0/s1. The Kier molecular flexibility index (Phi) is 2.95. The van der Waals surface area contributed by atoms with E-state index in [0.717, 1.165) is 32.1 Å². The fourth-order valence-corrected chi connectivity index (χ4v) is 5.89. The van der Waals surface area contributed by atoms with Crippen LogP contribution in [-0.4, -0.2) is 5.78 Å². The van der Waals surface area contributed by atoms with Gasteiger partial charge in [0.05, 0.1) is 0 Å². The van der Waals surface area contributed by atoms with Gasteiger partial charge in [0.15, 0.2) is 0 Å². The molecule has 1 heteroatoms. The van der Waals surface area contributed by atoms with Crippen LogP contribution in [0.15, 0.2) is 24.8 Å². The quantitative estimate of drug-likeness (QED) is 0.718. The molecule has 2 fully saturated rings. The summed E-state index contributed by atoms with van der Waals surface area (Å²) in [5, 5.41) is 0. The third-order valence-corrected chi connectivity index (χ3v) is 7.31. The van der Waals surface area contributed by atoms with Gasteiger partial charge in [-0.2, -0.15) is 0 Å². The summed E-state index contributed by atoms with van der Waals surface area (Å²) in [5.41, 5.74) is 4.54. The zero-order chi connectivity index (χ0) is 15.5. The Hall–Kier alpha value is -1.37. The second-order valence-electron chi connectivity index (χ2n) is 8.17. The molecule has 0 unspecified atom stereocenters. The summed E-state index contributed by atoms with van der Waals surface area (Å²) in [6.45, 7) is 8.62. The van der Waals surface area contributed by atoms with Gasteiger partial charge in [0.2, 0.25) is 0 Å². The summed E-state index contributed by atoms with van der Waals surface area (Å²) in [5.74, 6) is 1.82. The molecule has 0 spiro atoms. The van der Waals surface area contributed by atoms with Crippen molar-refractivity contribution < 1.29 is 4.79 Å². The highest BCUT2D eigenvalue weighted by Gasteiger charge is 2.58. The molecule has 4 rings (SSSR count). The van der Waals surface area contributed by atoms with Gasteiger partial charge in [-0.25, -0.2) is 0 Å². The lowest BCUT2D eigenvalue weighted by molar-refractivity contribution is -0.130. The molecule has 0 amide bonds. The van der Waals surface area contributed by atoms with Crippen molar-refractivity contribution in [2.75, 3.05) is 0 Å². The number of carbonyl (C=O) groups excluding carboxylic acids is 1. The molecular weight excluding hydrogens is 268 g/mol. The van der Waals surface area contributed by atoms with E-state index in [1.165, 1.54) is 17.5 Å². The Morgan fingerprint density at radius 2 is 1.77 bits per heavy atom. The minimum absolute atomic E-state index is 0.0251. The minimum Gasteiger partial charge on any atom is -0.299 e. The second kappa shape index (κ2) is 4.57. The molecule has 4 atom stereocenters.